The zero-order chi connectivity index (χ0) is 12.1. The van der Waals surface area contributed by atoms with Crippen molar-refractivity contribution in [3.05, 3.63) is 30.1 Å². The second kappa shape index (κ2) is 5.63. The lowest BCUT2D eigenvalue weighted by atomic mass is 10.2. The first-order valence-corrected chi connectivity index (χ1v) is 5.81. The van der Waals surface area contributed by atoms with Gasteiger partial charge in [0.1, 0.15) is 0 Å². The summed E-state index contributed by atoms with van der Waals surface area (Å²) in [5, 5.41) is 5.73. The van der Waals surface area contributed by atoms with Gasteiger partial charge in [-0.1, -0.05) is 6.07 Å². The van der Waals surface area contributed by atoms with Gasteiger partial charge in [0.15, 0.2) is 0 Å². The molecule has 2 amide bonds. The van der Waals surface area contributed by atoms with Crippen molar-refractivity contribution in [2.75, 3.05) is 13.2 Å². The van der Waals surface area contributed by atoms with Crippen molar-refractivity contribution in [1.82, 2.24) is 15.6 Å². The van der Waals surface area contributed by atoms with Crippen molar-refractivity contribution in [3.63, 3.8) is 0 Å². The molecule has 1 aromatic heterocycles. The molecule has 0 aliphatic carbocycles. The number of amides is 2. The molecule has 2 heterocycles. The molecule has 1 aromatic rings. The Bertz CT molecular complexity index is 363. The second-order valence-electron chi connectivity index (χ2n) is 4.15. The molecule has 1 saturated heterocycles. The zero-order valence-corrected chi connectivity index (χ0v) is 9.85. The average Bonchev–Trinajstić information content (AvgIpc) is 2.82. The molecule has 2 N–H and O–H groups in total. The van der Waals surface area contributed by atoms with Gasteiger partial charge in [0.25, 0.3) is 0 Å². The number of aromatic nitrogens is 1. The number of nitrogens with one attached hydrogen (secondary N) is 2. The van der Waals surface area contributed by atoms with Crippen LogP contribution in [0.4, 0.5) is 4.79 Å². The van der Waals surface area contributed by atoms with Crippen LogP contribution in [0.5, 0.6) is 0 Å². The van der Waals surface area contributed by atoms with E-state index in [1.165, 1.54) is 0 Å². The minimum atomic E-state index is -0.168. The van der Waals surface area contributed by atoms with E-state index in [1.54, 1.807) is 6.20 Å². The van der Waals surface area contributed by atoms with Crippen LogP contribution < -0.4 is 10.6 Å². The van der Waals surface area contributed by atoms with E-state index in [-0.39, 0.29) is 18.1 Å². The number of carbonyl (C=O) groups is 1. The van der Waals surface area contributed by atoms with Gasteiger partial charge in [-0.3, -0.25) is 4.98 Å². The van der Waals surface area contributed by atoms with E-state index < -0.39 is 0 Å². The standard InChI is InChI=1S/C12H17N3O2/c1-9(11-4-2-3-6-13-11)14-12(16)15-10-5-7-17-8-10/h2-4,6,9-10H,5,7-8H2,1H3,(H2,14,15,16). The summed E-state index contributed by atoms with van der Waals surface area (Å²) in [5.74, 6) is 0. The largest absolute Gasteiger partial charge is 0.379 e. The third kappa shape index (κ3) is 3.42. The van der Waals surface area contributed by atoms with Gasteiger partial charge >= 0.3 is 6.03 Å². The smallest absolute Gasteiger partial charge is 0.315 e. The summed E-state index contributed by atoms with van der Waals surface area (Å²) in [6.07, 6.45) is 2.60. The Balaban J connectivity index is 1.81. The van der Waals surface area contributed by atoms with Crippen molar-refractivity contribution in [2.45, 2.75) is 25.4 Å². The van der Waals surface area contributed by atoms with Gasteiger partial charge in [-0.2, -0.15) is 0 Å². The Kier molecular flexibility index (Phi) is 3.93. The molecule has 5 nitrogen and oxygen atoms in total. The van der Waals surface area contributed by atoms with Gasteiger partial charge in [-0.05, 0) is 25.5 Å². The number of rotatable bonds is 3. The first-order chi connectivity index (χ1) is 8.25. The monoisotopic (exact) mass is 235 g/mol. The van der Waals surface area contributed by atoms with Crippen molar-refractivity contribution in [3.8, 4) is 0 Å². The van der Waals surface area contributed by atoms with Gasteiger partial charge in [-0.25, -0.2) is 4.79 Å². The normalized spacial score (nSPS) is 20.9. The summed E-state index contributed by atoms with van der Waals surface area (Å²) >= 11 is 0. The molecule has 92 valence electrons. The predicted octanol–water partition coefficient (Wildman–Crippen LogP) is 1.23. The van der Waals surface area contributed by atoms with Crippen LogP contribution in [0.25, 0.3) is 0 Å². The van der Waals surface area contributed by atoms with Crippen LogP contribution in [-0.2, 0) is 4.74 Å². The Hall–Kier alpha value is -1.62. The van der Waals surface area contributed by atoms with Crippen molar-refractivity contribution >= 4 is 6.03 Å². The summed E-state index contributed by atoms with van der Waals surface area (Å²) in [6.45, 7) is 3.24. The van der Waals surface area contributed by atoms with Crippen molar-refractivity contribution in [2.24, 2.45) is 0 Å². The highest BCUT2D eigenvalue weighted by Gasteiger charge is 2.18. The Labute approximate surface area is 101 Å². The molecular weight excluding hydrogens is 218 g/mol. The fourth-order valence-corrected chi connectivity index (χ4v) is 1.78. The first-order valence-electron chi connectivity index (χ1n) is 5.81. The third-order valence-electron chi connectivity index (χ3n) is 2.74. The summed E-state index contributed by atoms with van der Waals surface area (Å²) in [6, 6.07) is 5.52. The molecule has 0 spiro atoms. The van der Waals surface area contributed by atoms with Crippen LogP contribution >= 0.6 is 0 Å². The summed E-state index contributed by atoms with van der Waals surface area (Å²) in [5.41, 5.74) is 0.852. The highest BCUT2D eigenvalue weighted by Crippen LogP contribution is 2.08. The lowest BCUT2D eigenvalue weighted by Gasteiger charge is -2.16. The number of hydrogen-bond acceptors (Lipinski definition) is 3. The average molecular weight is 235 g/mol. The van der Waals surface area contributed by atoms with Crippen molar-refractivity contribution in [1.29, 1.82) is 0 Å². The van der Waals surface area contributed by atoms with E-state index in [0.29, 0.717) is 6.61 Å². The minimum Gasteiger partial charge on any atom is -0.379 e. The molecule has 1 aliphatic heterocycles. The fourth-order valence-electron chi connectivity index (χ4n) is 1.78. The molecule has 0 aromatic carbocycles. The van der Waals surface area contributed by atoms with Crippen LogP contribution in [0.3, 0.4) is 0 Å². The maximum absolute atomic E-state index is 11.7. The molecule has 0 radical (unpaired) electrons. The highest BCUT2D eigenvalue weighted by atomic mass is 16.5. The number of hydrogen-bond donors (Lipinski definition) is 2. The molecule has 2 unspecified atom stereocenters. The molecule has 0 bridgehead atoms. The molecule has 5 heteroatoms. The van der Waals surface area contributed by atoms with Crippen LogP contribution in [0.2, 0.25) is 0 Å². The molecule has 2 atom stereocenters. The summed E-state index contributed by atoms with van der Waals surface area (Å²) < 4.78 is 5.19. The fraction of sp³-hybridized carbons (Fsp3) is 0.500. The first kappa shape index (κ1) is 11.9. The van der Waals surface area contributed by atoms with Crippen molar-refractivity contribution < 1.29 is 9.53 Å². The number of nitrogens with zero attached hydrogens (tertiary/aromatic N) is 1. The molecule has 1 aliphatic rings. The van der Waals surface area contributed by atoms with Gasteiger partial charge in [0.05, 0.1) is 24.4 Å². The predicted molar refractivity (Wildman–Crippen MR) is 63.5 cm³/mol. The summed E-state index contributed by atoms with van der Waals surface area (Å²) in [7, 11) is 0. The third-order valence-corrected chi connectivity index (χ3v) is 2.74. The number of carbonyl (C=O) groups excluding carboxylic acids is 1. The van der Waals surface area contributed by atoms with E-state index in [9.17, 15) is 4.79 Å². The van der Waals surface area contributed by atoms with E-state index in [0.717, 1.165) is 18.7 Å². The number of pyridine rings is 1. The number of urea groups is 1. The van der Waals surface area contributed by atoms with Gasteiger partial charge in [0, 0.05) is 12.8 Å². The Morgan fingerprint density at radius 3 is 3.12 bits per heavy atom. The van der Waals surface area contributed by atoms with E-state index in [2.05, 4.69) is 15.6 Å². The van der Waals surface area contributed by atoms with Crippen LogP contribution in [-0.4, -0.2) is 30.3 Å². The highest BCUT2D eigenvalue weighted by molar-refractivity contribution is 5.74. The SMILES string of the molecule is CC(NC(=O)NC1CCOC1)c1ccccn1. The van der Waals surface area contributed by atoms with Crippen LogP contribution in [0, 0.1) is 0 Å². The van der Waals surface area contributed by atoms with Crippen LogP contribution in [0.1, 0.15) is 25.1 Å². The number of ether oxygens (including phenoxy) is 1. The maximum Gasteiger partial charge on any atom is 0.315 e. The molecule has 17 heavy (non-hydrogen) atoms. The molecule has 1 fully saturated rings. The van der Waals surface area contributed by atoms with E-state index in [4.69, 9.17) is 4.74 Å². The minimum absolute atomic E-state index is 0.0986. The molecule has 0 saturated carbocycles. The second-order valence-corrected chi connectivity index (χ2v) is 4.15. The van der Waals surface area contributed by atoms with Gasteiger partial charge in [-0.15, -0.1) is 0 Å². The van der Waals surface area contributed by atoms with E-state index >= 15 is 0 Å². The van der Waals surface area contributed by atoms with Gasteiger partial charge in [0.2, 0.25) is 0 Å². The Morgan fingerprint density at radius 1 is 1.59 bits per heavy atom. The van der Waals surface area contributed by atoms with E-state index in [1.807, 2.05) is 25.1 Å². The topological polar surface area (TPSA) is 63.2 Å². The molecule has 2 rings (SSSR count). The van der Waals surface area contributed by atoms with Crippen LogP contribution in [0.15, 0.2) is 24.4 Å². The zero-order valence-electron chi connectivity index (χ0n) is 9.85. The summed E-state index contributed by atoms with van der Waals surface area (Å²) in [4.78, 5) is 15.9. The Morgan fingerprint density at radius 2 is 2.47 bits per heavy atom. The van der Waals surface area contributed by atoms with Gasteiger partial charge < -0.3 is 15.4 Å². The lowest BCUT2D eigenvalue weighted by molar-refractivity contribution is 0.188. The molecular formula is C12H17N3O2. The quantitative estimate of drug-likeness (QED) is 0.828. The maximum atomic E-state index is 11.7. The lowest BCUT2D eigenvalue weighted by Crippen LogP contribution is -2.43.